The van der Waals surface area contributed by atoms with Crippen LogP contribution in [0, 0.1) is 0 Å². The lowest BCUT2D eigenvalue weighted by Gasteiger charge is -2.16. The van der Waals surface area contributed by atoms with Gasteiger partial charge >= 0.3 is 0 Å². The number of rotatable bonds is 8. The molecule has 0 amide bonds. The standard InChI is InChI=1S/C12H24N4/c1-4-5-9-15(2)10-8-13-11-12-6-7-14-16(12)3/h6-7,13H,4-5,8-11H2,1-3H3. The van der Waals surface area contributed by atoms with Gasteiger partial charge in [-0.15, -0.1) is 0 Å². The van der Waals surface area contributed by atoms with E-state index in [0.717, 1.165) is 19.6 Å². The molecule has 0 saturated heterocycles. The molecule has 16 heavy (non-hydrogen) atoms. The SMILES string of the molecule is CCCCN(C)CCNCc1ccnn1C. The Kier molecular flexibility index (Phi) is 6.11. The van der Waals surface area contributed by atoms with Gasteiger partial charge in [-0.1, -0.05) is 13.3 Å². The lowest BCUT2D eigenvalue weighted by molar-refractivity contribution is 0.325. The van der Waals surface area contributed by atoms with Gasteiger partial charge in [0.25, 0.3) is 0 Å². The number of aryl methyl sites for hydroxylation is 1. The molecule has 4 nitrogen and oxygen atoms in total. The van der Waals surface area contributed by atoms with Crippen LogP contribution in [-0.4, -0.2) is 41.4 Å². The van der Waals surface area contributed by atoms with Crippen molar-refractivity contribution in [3.63, 3.8) is 0 Å². The number of likely N-dealkylation sites (N-methyl/N-ethyl adjacent to an activating group) is 1. The maximum Gasteiger partial charge on any atom is 0.0518 e. The summed E-state index contributed by atoms with van der Waals surface area (Å²) < 4.78 is 1.91. The molecule has 0 saturated carbocycles. The van der Waals surface area contributed by atoms with Crippen LogP contribution in [0.1, 0.15) is 25.5 Å². The molecule has 1 aromatic heterocycles. The Morgan fingerprint density at radius 2 is 2.25 bits per heavy atom. The summed E-state index contributed by atoms with van der Waals surface area (Å²) >= 11 is 0. The maximum absolute atomic E-state index is 4.14. The van der Waals surface area contributed by atoms with Gasteiger partial charge in [0.1, 0.15) is 0 Å². The summed E-state index contributed by atoms with van der Waals surface area (Å²) in [5, 5.41) is 7.57. The van der Waals surface area contributed by atoms with Gasteiger partial charge in [-0.05, 0) is 26.1 Å². The Labute approximate surface area is 98.6 Å². The number of hydrogen-bond acceptors (Lipinski definition) is 3. The minimum atomic E-state index is 0.901. The lowest BCUT2D eigenvalue weighted by atomic mass is 10.3. The van der Waals surface area contributed by atoms with Crippen LogP contribution in [0.2, 0.25) is 0 Å². The Morgan fingerprint density at radius 1 is 1.44 bits per heavy atom. The van der Waals surface area contributed by atoms with Gasteiger partial charge in [0.2, 0.25) is 0 Å². The number of hydrogen-bond donors (Lipinski definition) is 1. The molecule has 92 valence electrons. The van der Waals surface area contributed by atoms with E-state index in [4.69, 9.17) is 0 Å². The van der Waals surface area contributed by atoms with Crippen LogP contribution in [-0.2, 0) is 13.6 Å². The summed E-state index contributed by atoms with van der Waals surface area (Å²) in [4.78, 5) is 2.37. The third-order valence-electron chi connectivity index (χ3n) is 2.79. The molecule has 0 bridgehead atoms. The van der Waals surface area contributed by atoms with Crippen molar-refractivity contribution in [3.05, 3.63) is 18.0 Å². The summed E-state index contributed by atoms with van der Waals surface area (Å²) in [6.07, 6.45) is 4.40. The van der Waals surface area contributed by atoms with E-state index in [1.165, 1.54) is 25.1 Å². The van der Waals surface area contributed by atoms with Crippen LogP contribution in [0.3, 0.4) is 0 Å². The van der Waals surface area contributed by atoms with Gasteiger partial charge in [0, 0.05) is 32.9 Å². The van der Waals surface area contributed by atoms with E-state index >= 15 is 0 Å². The molecule has 0 atom stereocenters. The van der Waals surface area contributed by atoms with Crippen molar-refractivity contribution >= 4 is 0 Å². The van der Waals surface area contributed by atoms with E-state index in [1.807, 2.05) is 24.0 Å². The topological polar surface area (TPSA) is 33.1 Å². The van der Waals surface area contributed by atoms with E-state index < -0.39 is 0 Å². The van der Waals surface area contributed by atoms with Gasteiger partial charge < -0.3 is 10.2 Å². The molecular weight excluding hydrogens is 200 g/mol. The van der Waals surface area contributed by atoms with Gasteiger partial charge in [-0.2, -0.15) is 5.10 Å². The zero-order valence-electron chi connectivity index (χ0n) is 10.7. The van der Waals surface area contributed by atoms with Crippen LogP contribution in [0.5, 0.6) is 0 Å². The molecule has 0 radical (unpaired) electrons. The first-order valence-electron chi connectivity index (χ1n) is 6.10. The molecule has 4 heteroatoms. The van der Waals surface area contributed by atoms with Gasteiger partial charge in [0.15, 0.2) is 0 Å². The first kappa shape index (κ1) is 13.2. The third kappa shape index (κ3) is 4.77. The zero-order valence-corrected chi connectivity index (χ0v) is 10.7. The largest absolute Gasteiger partial charge is 0.310 e. The second-order valence-corrected chi connectivity index (χ2v) is 4.28. The quantitative estimate of drug-likeness (QED) is 0.675. The number of nitrogens with one attached hydrogen (secondary N) is 1. The van der Waals surface area contributed by atoms with Crippen molar-refractivity contribution in [2.24, 2.45) is 7.05 Å². The van der Waals surface area contributed by atoms with Crippen molar-refractivity contribution in [3.8, 4) is 0 Å². The van der Waals surface area contributed by atoms with Gasteiger partial charge in [-0.3, -0.25) is 4.68 Å². The van der Waals surface area contributed by atoms with E-state index in [0.29, 0.717) is 0 Å². The van der Waals surface area contributed by atoms with E-state index in [1.54, 1.807) is 0 Å². The average Bonchev–Trinajstić information content (AvgIpc) is 2.67. The van der Waals surface area contributed by atoms with Gasteiger partial charge in [-0.25, -0.2) is 0 Å². The molecule has 0 aliphatic heterocycles. The van der Waals surface area contributed by atoms with Crippen molar-refractivity contribution < 1.29 is 0 Å². The number of nitrogens with zero attached hydrogens (tertiary/aromatic N) is 3. The Morgan fingerprint density at radius 3 is 2.88 bits per heavy atom. The molecular formula is C12H24N4. The average molecular weight is 224 g/mol. The molecule has 0 spiro atoms. The summed E-state index contributed by atoms with van der Waals surface area (Å²) in [6.45, 7) is 6.47. The Balaban J connectivity index is 2.06. The van der Waals surface area contributed by atoms with Crippen LogP contribution < -0.4 is 5.32 Å². The molecule has 0 aliphatic rings. The molecule has 0 fully saturated rings. The molecule has 0 aliphatic carbocycles. The predicted molar refractivity (Wildman–Crippen MR) is 67.3 cm³/mol. The monoisotopic (exact) mass is 224 g/mol. The molecule has 0 aromatic carbocycles. The lowest BCUT2D eigenvalue weighted by Crippen LogP contribution is -2.30. The normalized spacial score (nSPS) is 11.2. The van der Waals surface area contributed by atoms with Crippen LogP contribution in [0.25, 0.3) is 0 Å². The summed E-state index contributed by atoms with van der Waals surface area (Å²) in [5.41, 5.74) is 1.23. The molecule has 1 N–H and O–H groups in total. The fourth-order valence-electron chi connectivity index (χ4n) is 1.60. The van der Waals surface area contributed by atoms with Crippen molar-refractivity contribution in [1.29, 1.82) is 0 Å². The Hall–Kier alpha value is -0.870. The van der Waals surface area contributed by atoms with Crippen molar-refractivity contribution in [2.75, 3.05) is 26.7 Å². The minimum absolute atomic E-state index is 0.901. The predicted octanol–water partition coefficient (Wildman–Crippen LogP) is 1.24. The van der Waals surface area contributed by atoms with Crippen molar-refractivity contribution in [1.82, 2.24) is 20.0 Å². The first-order valence-corrected chi connectivity index (χ1v) is 6.10. The molecule has 1 aromatic rings. The van der Waals surface area contributed by atoms with Crippen molar-refractivity contribution in [2.45, 2.75) is 26.3 Å². The third-order valence-corrected chi connectivity index (χ3v) is 2.79. The van der Waals surface area contributed by atoms with Crippen LogP contribution in [0.15, 0.2) is 12.3 Å². The number of unbranched alkanes of at least 4 members (excludes halogenated alkanes) is 1. The summed E-state index contributed by atoms with van der Waals surface area (Å²) in [5.74, 6) is 0. The highest BCUT2D eigenvalue weighted by Gasteiger charge is 1.99. The van der Waals surface area contributed by atoms with E-state index in [9.17, 15) is 0 Å². The first-order chi connectivity index (χ1) is 7.74. The highest BCUT2D eigenvalue weighted by atomic mass is 15.3. The molecule has 1 heterocycles. The zero-order chi connectivity index (χ0) is 11.8. The molecule has 1 rings (SSSR count). The minimum Gasteiger partial charge on any atom is -0.310 e. The van der Waals surface area contributed by atoms with Gasteiger partial charge in [0.05, 0.1) is 5.69 Å². The highest BCUT2D eigenvalue weighted by Crippen LogP contribution is 1.95. The number of aromatic nitrogens is 2. The summed E-state index contributed by atoms with van der Waals surface area (Å²) in [6, 6.07) is 2.05. The fourth-order valence-corrected chi connectivity index (χ4v) is 1.60. The van der Waals surface area contributed by atoms with Crippen LogP contribution in [0.4, 0.5) is 0 Å². The second-order valence-electron chi connectivity index (χ2n) is 4.28. The van der Waals surface area contributed by atoms with E-state index in [-0.39, 0.29) is 0 Å². The van der Waals surface area contributed by atoms with Crippen LogP contribution >= 0.6 is 0 Å². The second kappa shape index (κ2) is 7.41. The Bertz CT molecular complexity index is 282. The molecule has 0 unspecified atom stereocenters. The fraction of sp³-hybridized carbons (Fsp3) is 0.750. The van der Waals surface area contributed by atoms with E-state index in [2.05, 4.69) is 29.3 Å². The highest BCUT2D eigenvalue weighted by molar-refractivity contribution is 4.98. The maximum atomic E-state index is 4.14. The summed E-state index contributed by atoms with van der Waals surface area (Å²) in [7, 11) is 4.16. The smallest absolute Gasteiger partial charge is 0.0518 e.